The summed E-state index contributed by atoms with van der Waals surface area (Å²) in [7, 11) is -3.83. The van der Waals surface area contributed by atoms with Gasteiger partial charge in [-0.05, 0) is 31.5 Å². The van der Waals surface area contributed by atoms with Gasteiger partial charge in [-0.2, -0.15) is 0 Å². The molecule has 2 N–H and O–H groups in total. The molecule has 1 aliphatic rings. The number of hydrogen-bond donors (Lipinski definition) is 2. The van der Waals surface area contributed by atoms with E-state index in [9.17, 15) is 22.7 Å². The van der Waals surface area contributed by atoms with Crippen LogP contribution in [0.5, 0.6) is 0 Å². The molecule has 1 heterocycles. The van der Waals surface area contributed by atoms with Crippen molar-refractivity contribution in [3.05, 3.63) is 65.5 Å². The molecule has 0 amide bonds. The number of nitrogens with one attached hydrogen (secondary N) is 1. The molecule has 7 heteroatoms. The summed E-state index contributed by atoms with van der Waals surface area (Å²) in [6.45, 7) is 1.84. The molecular weight excluding hydrogens is 345 g/mol. The maximum atomic E-state index is 14.2. The first-order valence-electron chi connectivity index (χ1n) is 7.84. The number of aryl methyl sites for hydroxylation is 1. The minimum atomic E-state index is -3.83. The summed E-state index contributed by atoms with van der Waals surface area (Å²) >= 11 is 0. The van der Waals surface area contributed by atoms with Gasteiger partial charge in [0.15, 0.2) is 9.84 Å². The fourth-order valence-electron chi connectivity index (χ4n) is 3.16. The second-order valence-corrected chi connectivity index (χ2v) is 8.36. The van der Waals surface area contributed by atoms with Gasteiger partial charge >= 0.3 is 5.97 Å². The third-order valence-corrected chi connectivity index (χ3v) is 6.70. The van der Waals surface area contributed by atoms with Crippen molar-refractivity contribution in [1.29, 1.82) is 0 Å². The Bertz CT molecular complexity index is 896. The maximum Gasteiger partial charge on any atom is 0.320 e. The highest BCUT2D eigenvalue weighted by Gasteiger charge is 2.46. The van der Waals surface area contributed by atoms with Crippen LogP contribution in [0.3, 0.4) is 0 Å². The molecule has 0 spiro atoms. The summed E-state index contributed by atoms with van der Waals surface area (Å²) in [5, 5.41) is 11.0. The van der Waals surface area contributed by atoms with Crippen molar-refractivity contribution >= 4 is 15.8 Å². The summed E-state index contributed by atoms with van der Waals surface area (Å²) in [6.07, 6.45) is -0.120. The molecule has 0 aromatic heterocycles. The molecule has 1 saturated heterocycles. The maximum absolute atomic E-state index is 14.2. The SMILES string of the molecule is Cc1ccc(S(=O)(=O)C2CC(C(=O)O)NC2c2ccccc2F)cc1. The Hall–Kier alpha value is -2.25. The third kappa shape index (κ3) is 3.29. The summed E-state index contributed by atoms with van der Waals surface area (Å²) < 4.78 is 40.3. The molecule has 0 aliphatic carbocycles. The standard InChI is InChI=1S/C18H18FNO4S/c1-11-6-8-12(9-7-11)25(23,24)16-10-15(18(21)22)20-17(16)13-4-2-3-5-14(13)19/h2-9,15-17,20H,10H2,1H3,(H,21,22). The second kappa shape index (κ2) is 6.57. The average molecular weight is 363 g/mol. The lowest BCUT2D eigenvalue weighted by atomic mass is 10.0. The summed E-state index contributed by atoms with van der Waals surface area (Å²) in [5.74, 6) is -1.71. The van der Waals surface area contributed by atoms with E-state index < -0.39 is 39.0 Å². The van der Waals surface area contributed by atoms with Crippen LogP contribution in [-0.2, 0) is 14.6 Å². The molecule has 1 aliphatic heterocycles. The van der Waals surface area contributed by atoms with Gasteiger partial charge in [0.2, 0.25) is 0 Å². The summed E-state index contributed by atoms with van der Waals surface area (Å²) in [5.41, 5.74) is 1.07. The van der Waals surface area contributed by atoms with Crippen LogP contribution < -0.4 is 5.32 Å². The van der Waals surface area contributed by atoms with Gasteiger partial charge in [0.1, 0.15) is 11.9 Å². The Balaban J connectivity index is 2.05. The molecule has 1 fully saturated rings. The van der Waals surface area contributed by atoms with Crippen LogP contribution in [0.25, 0.3) is 0 Å². The fraction of sp³-hybridized carbons (Fsp3) is 0.278. The smallest absolute Gasteiger partial charge is 0.320 e. The zero-order chi connectivity index (χ0) is 18.2. The monoisotopic (exact) mass is 363 g/mol. The van der Waals surface area contributed by atoms with Crippen molar-refractivity contribution in [1.82, 2.24) is 5.32 Å². The normalized spacial score (nSPS) is 23.5. The number of carboxylic acid groups (broad SMARTS) is 1. The van der Waals surface area contributed by atoms with E-state index in [1.54, 1.807) is 18.2 Å². The van der Waals surface area contributed by atoms with Crippen LogP contribution >= 0.6 is 0 Å². The zero-order valence-corrected chi connectivity index (χ0v) is 14.3. The Morgan fingerprint density at radius 3 is 2.40 bits per heavy atom. The molecule has 5 nitrogen and oxygen atoms in total. The quantitative estimate of drug-likeness (QED) is 0.872. The highest BCUT2D eigenvalue weighted by Crippen LogP contribution is 2.36. The number of rotatable bonds is 4. The Kier molecular flexibility index (Phi) is 4.62. The minimum absolute atomic E-state index is 0.109. The van der Waals surface area contributed by atoms with E-state index in [2.05, 4.69) is 5.32 Å². The number of benzene rings is 2. The predicted molar refractivity (Wildman–Crippen MR) is 90.5 cm³/mol. The molecule has 3 unspecified atom stereocenters. The van der Waals surface area contributed by atoms with E-state index in [0.717, 1.165) is 5.56 Å². The van der Waals surface area contributed by atoms with Crippen molar-refractivity contribution < 1.29 is 22.7 Å². The van der Waals surface area contributed by atoms with E-state index >= 15 is 0 Å². The molecular formula is C18H18FNO4S. The van der Waals surface area contributed by atoms with Gasteiger partial charge in [-0.3, -0.25) is 10.1 Å². The van der Waals surface area contributed by atoms with Gasteiger partial charge in [0, 0.05) is 5.56 Å². The lowest BCUT2D eigenvalue weighted by Crippen LogP contribution is -2.33. The first-order chi connectivity index (χ1) is 11.8. The van der Waals surface area contributed by atoms with Crippen LogP contribution in [0.15, 0.2) is 53.4 Å². The number of halogens is 1. The number of sulfone groups is 1. The van der Waals surface area contributed by atoms with E-state index in [1.807, 2.05) is 6.92 Å². The largest absolute Gasteiger partial charge is 0.480 e. The van der Waals surface area contributed by atoms with Crippen molar-refractivity contribution in [2.45, 2.75) is 35.6 Å². The van der Waals surface area contributed by atoms with Gasteiger partial charge in [-0.1, -0.05) is 35.9 Å². The highest BCUT2D eigenvalue weighted by molar-refractivity contribution is 7.92. The van der Waals surface area contributed by atoms with Crippen molar-refractivity contribution in [2.75, 3.05) is 0 Å². The van der Waals surface area contributed by atoms with Crippen LogP contribution in [0.1, 0.15) is 23.6 Å². The number of carboxylic acids is 1. The van der Waals surface area contributed by atoms with Crippen LogP contribution in [0.2, 0.25) is 0 Å². The molecule has 132 valence electrons. The van der Waals surface area contributed by atoms with Gasteiger partial charge in [0.25, 0.3) is 0 Å². The van der Waals surface area contributed by atoms with Crippen LogP contribution in [0, 0.1) is 12.7 Å². The zero-order valence-electron chi connectivity index (χ0n) is 13.5. The third-order valence-electron chi connectivity index (χ3n) is 4.51. The van der Waals surface area contributed by atoms with Gasteiger partial charge in [0.05, 0.1) is 16.2 Å². The van der Waals surface area contributed by atoms with Crippen LogP contribution in [0.4, 0.5) is 4.39 Å². The van der Waals surface area contributed by atoms with Crippen molar-refractivity contribution in [3.63, 3.8) is 0 Å². The minimum Gasteiger partial charge on any atom is -0.480 e. The predicted octanol–water partition coefficient (Wildman–Crippen LogP) is 2.46. The van der Waals surface area contributed by atoms with Crippen molar-refractivity contribution in [3.8, 4) is 0 Å². The van der Waals surface area contributed by atoms with Crippen LogP contribution in [-0.4, -0.2) is 30.8 Å². The van der Waals surface area contributed by atoms with Gasteiger partial charge < -0.3 is 5.11 Å². The Labute approximate surface area is 145 Å². The molecule has 2 aromatic rings. The van der Waals surface area contributed by atoms with Gasteiger partial charge in [-0.25, -0.2) is 12.8 Å². The summed E-state index contributed by atoms with van der Waals surface area (Å²) in [4.78, 5) is 11.5. The number of aliphatic carboxylic acids is 1. The average Bonchev–Trinajstić information content (AvgIpc) is 3.02. The topological polar surface area (TPSA) is 83.5 Å². The van der Waals surface area contributed by atoms with E-state index in [0.29, 0.717) is 0 Å². The molecule has 3 atom stereocenters. The van der Waals surface area contributed by atoms with E-state index in [4.69, 9.17) is 0 Å². The van der Waals surface area contributed by atoms with E-state index in [1.165, 1.54) is 30.3 Å². The number of carbonyl (C=O) groups is 1. The first kappa shape index (κ1) is 17.6. The first-order valence-corrected chi connectivity index (χ1v) is 9.39. The molecule has 0 saturated carbocycles. The molecule has 3 rings (SSSR count). The molecule has 0 bridgehead atoms. The number of hydrogen-bond acceptors (Lipinski definition) is 4. The van der Waals surface area contributed by atoms with Gasteiger partial charge in [-0.15, -0.1) is 0 Å². The van der Waals surface area contributed by atoms with E-state index in [-0.39, 0.29) is 16.9 Å². The summed E-state index contributed by atoms with van der Waals surface area (Å²) in [6, 6.07) is 10.2. The van der Waals surface area contributed by atoms with Crippen molar-refractivity contribution in [2.24, 2.45) is 0 Å². The molecule has 0 radical (unpaired) electrons. The lowest BCUT2D eigenvalue weighted by Gasteiger charge is -2.21. The Morgan fingerprint density at radius 2 is 1.80 bits per heavy atom. The lowest BCUT2D eigenvalue weighted by molar-refractivity contribution is -0.139. The second-order valence-electron chi connectivity index (χ2n) is 6.19. The molecule has 2 aromatic carbocycles. The Morgan fingerprint density at radius 1 is 1.16 bits per heavy atom. The highest BCUT2D eigenvalue weighted by atomic mass is 32.2. The fourth-order valence-corrected chi connectivity index (χ4v) is 5.05. The molecule has 25 heavy (non-hydrogen) atoms.